The number of benzene rings is 2. The van der Waals surface area contributed by atoms with Gasteiger partial charge >= 0.3 is 0 Å². The molecule has 0 saturated heterocycles. The van der Waals surface area contributed by atoms with Crippen LogP contribution in [0.5, 0.6) is 0 Å². The Bertz CT molecular complexity index is 694. The zero-order valence-electron chi connectivity index (χ0n) is 9.81. The summed E-state index contributed by atoms with van der Waals surface area (Å²) in [6.45, 7) is 0. The highest BCUT2D eigenvalue weighted by atomic mass is 35.5. The number of nitrogen functional groups attached to an aromatic ring is 1. The Morgan fingerprint density at radius 3 is 2.16 bits per heavy atom. The van der Waals surface area contributed by atoms with Gasteiger partial charge in [0.05, 0.1) is 10.6 Å². The predicted octanol–water partition coefficient (Wildman–Crippen LogP) is 3.55. The number of sulfone groups is 1. The number of rotatable bonds is 3. The van der Waals surface area contributed by atoms with Crippen LogP contribution in [-0.4, -0.2) is 8.42 Å². The first-order valence-electron chi connectivity index (χ1n) is 5.41. The van der Waals surface area contributed by atoms with Crippen molar-refractivity contribution in [1.82, 2.24) is 0 Å². The van der Waals surface area contributed by atoms with Crippen LogP contribution in [0.25, 0.3) is 0 Å². The van der Waals surface area contributed by atoms with Gasteiger partial charge in [0.1, 0.15) is 0 Å². The predicted molar refractivity (Wildman–Crippen MR) is 78.2 cm³/mol. The number of hydrogen-bond acceptors (Lipinski definition) is 3. The Balaban J connectivity index is 2.42. The standard InChI is InChI=1S/C13H11Cl2NO2S/c14-12-5-2-6-13(15)11(12)8-19(17,18)10-4-1-3-9(16)7-10/h1-7H,8,16H2. The van der Waals surface area contributed by atoms with Gasteiger partial charge in [-0.2, -0.15) is 0 Å². The summed E-state index contributed by atoms with van der Waals surface area (Å²) in [5.74, 6) is -0.255. The Morgan fingerprint density at radius 1 is 1.00 bits per heavy atom. The molecule has 2 aromatic rings. The fourth-order valence-corrected chi connectivity index (χ4v) is 3.80. The van der Waals surface area contributed by atoms with Crippen molar-refractivity contribution in [2.24, 2.45) is 0 Å². The molecule has 0 unspecified atom stereocenters. The summed E-state index contributed by atoms with van der Waals surface area (Å²) in [5, 5.41) is 0.667. The van der Waals surface area contributed by atoms with Crippen LogP contribution < -0.4 is 5.73 Å². The lowest BCUT2D eigenvalue weighted by Crippen LogP contribution is -2.06. The minimum atomic E-state index is -3.53. The molecule has 19 heavy (non-hydrogen) atoms. The van der Waals surface area contributed by atoms with Gasteiger partial charge in [-0.1, -0.05) is 35.3 Å². The van der Waals surface area contributed by atoms with Gasteiger partial charge in [0.25, 0.3) is 0 Å². The first-order chi connectivity index (χ1) is 8.90. The van der Waals surface area contributed by atoms with E-state index in [1.165, 1.54) is 12.1 Å². The lowest BCUT2D eigenvalue weighted by atomic mass is 10.2. The van der Waals surface area contributed by atoms with Gasteiger partial charge in [0.15, 0.2) is 9.84 Å². The summed E-state index contributed by atoms with van der Waals surface area (Å²) in [5.41, 5.74) is 6.38. The lowest BCUT2D eigenvalue weighted by molar-refractivity contribution is 0.595. The fourth-order valence-electron chi connectivity index (χ4n) is 1.65. The van der Waals surface area contributed by atoms with Crippen LogP contribution in [0.4, 0.5) is 5.69 Å². The minimum absolute atomic E-state index is 0.156. The van der Waals surface area contributed by atoms with Crippen molar-refractivity contribution >= 4 is 38.7 Å². The van der Waals surface area contributed by atoms with Gasteiger partial charge in [0, 0.05) is 21.3 Å². The summed E-state index contributed by atoms with van der Waals surface area (Å²) in [6.07, 6.45) is 0. The van der Waals surface area contributed by atoms with Crippen LogP contribution in [0.15, 0.2) is 47.4 Å². The van der Waals surface area contributed by atoms with Crippen molar-refractivity contribution in [3.63, 3.8) is 0 Å². The van der Waals surface area contributed by atoms with Gasteiger partial charge in [-0.15, -0.1) is 0 Å². The van der Waals surface area contributed by atoms with Gasteiger partial charge in [-0.05, 0) is 30.3 Å². The van der Waals surface area contributed by atoms with Crippen LogP contribution in [-0.2, 0) is 15.6 Å². The molecule has 0 aromatic heterocycles. The SMILES string of the molecule is Nc1cccc(S(=O)(=O)Cc2c(Cl)cccc2Cl)c1. The van der Waals surface area contributed by atoms with Crippen LogP contribution in [0.1, 0.15) is 5.56 Å². The second-order valence-electron chi connectivity index (χ2n) is 4.03. The van der Waals surface area contributed by atoms with Crippen LogP contribution >= 0.6 is 23.2 Å². The molecule has 0 aliphatic rings. The maximum Gasteiger partial charge on any atom is 0.182 e. The van der Waals surface area contributed by atoms with Crippen LogP contribution in [0, 0.1) is 0 Å². The Morgan fingerprint density at radius 2 is 1.58 bits per heavy atom. The monoisotopic (exact) mass is 315 g/mol. The topological polar surface area (TPSA) is 60.2 Å². The average Bonchev–Trinajstić information content (AvgIpc) is 2.34. The third-order valence-electron chi connectivity index (χ3n) is 2.61. The third-order valence-corrected chi connectivity index (χ3v) is 4.96. The van der Waals surface area contributed by atoms with E-state index >= 15 is 0 Å². The molecule has 0 saturated carbocycles. The molecule has 0 radical (unpaired) electrons. The molecule has 0 spiro atoms. The van der Waals surface area contributed by atoms with Crippen molar-refractivity contribution in [3.8, 4) is 0 Å². The molecule has 2 aromatic carbocycles. The second kappa shape index (κ2) is 5.41. The molecule has 0 aliphatic carbocycles. The van der Waals surface area contributed by atoms with Crippen molar-refractivity contribution in [1.29, 1.82) is 0 Å². The van der Waals surface area contributed by atoms with Crippen molar-refractivity contribution in [2.75, 3.05) is 5.73 Å². The molecule has 0 atom stereocenters. The Kier molecular flexibility index (Phi) is 4.04. The Labute approximate surface area is 121 Å². The van der Waals surface area contributed by atoms with E-state index in [2.05, 4.69) is 0 Å². The molecular weight excluding hydrogens is 305 g/mol. The van der Waals surface area contributed by atoms with Crippen molar-refractivity contribution < 1.29 is 8.42 Å². The molecule has 0 fully saturated rings. The second-order valence-corrected chi connectivity index (χ2v) is 6.84. The molecule has 0 bridgehead atoms. The first-order valence-corrected chi connectivity index (χ1v) is 7.82. The largest absolute Gasteiger partial charge is 0.399 e. The van der Waals surface area contributed by atoms with Gasteiger partial charge in [-0.25, -0.2) is 8.42 Å². The molecule has 2 N–H and O–H groups in total. The van der Waals surface area contributed by atoms with Gasteiger partial charge < -0.3 is 5.73 Å². The maximum atomic E-state index is 12.3. The van der Waals surface area contributed by atoms with Crippen LogP contribution in [0.3, 0.4) is 0 Å². The van der Waals surface area contributed by atoms with E-state index in [-0.39, 0.29) is 10.6 Å². The van der Waals surface area contributed by atoms with E-state index in [4.69, 9.17) is 28.9 Å². The Hall–Kier alpha value is -1.23. The van der Waals surface area contributed by atoms with E-state index < -0.39 is 9.84 Å². The number of nitrogens with two attached hydrogens (primary N) is 1. The highest BCUT2D eigenvalue weighted by molar-refractivity contribution is 7.90. The molecule has 0 aliphatic heterocycles. The molecule has 0 amide bonds. The van der Waals surface area contributed by atoms with Crippen molar-refractivity contribution in [3.05, 3.63) is 58.1 Å². The van der Waals surface area contributed by atoms with E-state index in [1.807, 2.05) is 0 Å². The van der Waals surface area contributed by atoms with E-state index in [0.717, 1.165) is 0 Å². The molecule has 2 rings (SSSR count). The van der Waals surface area contributed by atoms with E-state index in [1.54, 1.807) is 30.3 Å². The maximum absolute atomic E-state index is 12.3. The first kappa shape index (κ1) is 14.2. The molecule has 100 valence electrons. The van der Waals surface area contributed by atoms with E-state index in [9.17, 15) is 8.42 Å². The summed E-state index contributed by atoms with van der Waals surface area (Å²) >= 11 is 12.0. The minimum Gasteiger partial charge on any atom is -0.399 e. The number of anilines is 1. The van der Waals surface area contributed by atoms with E-state index in [0.29, 0.717) is 21.3 Å². The summed E-state index contributed by atoms with van der Waals surface area (Å²) in [6, 6.07) is 11.0. The lowest BCUT2D eigenvalue weighted by Gasteiger charge is -2.08. The average molecular weight is 316 g/mol. The van der Waals surface area contributed by atoms with Crippen molar-refractivity contribution in [2.45, 2.75) is 10.6 Å². The molecular formula is C13H11Cl2NO2S. The smallest absolute Gasteiger partial charge is 0.182 e. The fraction of sp³-hybridized carbons (Fsp3) is 0.0769. The quantitative estimate of drug-likeness (QED) is 0.881. The summed E-state index contributed by atoms with van der Waals surface area (Å²) in [7, 11) is -3.53. The number of hydrogen-bond donors (Lipinski definition) is 1. The zero-order valence-corrected chi connectivity index (χ0v) is 12.1. The highest BCUT2D eigenvalue weighted by Gasteiger charge is 2.19. The van der Waals surface area contributed by atoms with Gasteiger partial charge in [-0.3, -0.25) is 0 Å². The number of halogens is 2. The normalized spacial score (nSPS) is 11.5. The van der Waals surface area contributed by atoms with Crippen LogP contribution in [0.2, 0.25) is 10.0 Å². The molecule has 3 nitrogen and oxygen atoms in total. The van der Waals surface area contributed by atoms with Gasteiger partial charge in [0.2, 0.25) is 0 Å². The highest BCUT2D eigenvalue weighted by Crippen LogP contribution is 2.28. The zero-order chi connectivity index (χ0) is 14.0. The summed E-state index contributed by atoms with van der Waals surface area (Å²) in [4.78, 5) is 0.156. The molecule has 6 heteroatoms. The molecule has 0 heterocycles. The third kappa shape index (κ3) is 3.21. The summed E-state index contributed by atoms with van der Waals surface area (Å²) < 4.78 is 24.6.